The zero-order chi connectivity index (χ0) is 19.5. The van der Waals surface area contributed by atoms with Crippen molar-refractivity contribution in [3.63, 3.8) is 0 Å². The number of hydrogen-bond donors (Lipinski definition) is 0. The molecule has 5 heteroatoms. The first-order valence-corrected chi connectivity index (χ1v) is 9.91. The first kappa shape index (κ1) is 21.0. The van der Waals surface area contributed by atoms with E-state index in [1.54, 1.807) is 6.21 Å². The van der Waals surface area contributed by atoms with Crippen molar-refractivity contribution in [1.29, 1.82) is 0 Å². The molecule has 0 atom stereocenters. The summed E-state index contributed by atoms with van der Waals surface area (Å²) < 4.78 is 11.3. The van der Waals surface area contributed by atoms with Gasteiger partial charge in [-0.15, -0.1) is 0 Å². The van der Waals surface area contributed by atoms with E-state index in [2.05, 4.69) is 36.3 Å². The SMILES string of the molecule is CCO/N=C/c1cc(C)c(OCCCCCCCc2cc(C)no2)c(C)c1. The summed E-state index contributed by atoms with van der Waals surface area (Å²) in [6.45, 7) is 9.36. The zero-order valence-corrected chi connectivity index (χ0v) is 17.1. The number of hydrogen-bond acceptors (Lipinski definition) is 5. The smallest absolute Gasteiger partial charge is 0.136 e. The van der Waals surface area contributed by atoms with Gasteiger partial charge in [0, 0.05) is 12.5 Å². The van der Waals surface area contributed by atoms with E-state index in [0.717, 1.165) is 59.8 Å². The largest absolute Gasteiger partial charge is 0.493 e. The predicted molar refractivity (Wildman–Crippen MR) is 109 cm³/mol. The lowest BCUT2D eigenvalue weighted by Gasteiger charge is -2.13. The summed E-state index contributed by atoms with van der Waals surface area (Å²) in [5, 5.41) is 7.85. The minimum absolute atomic E-state index is 0.579. The number of ether oxygens (including phenoxy) is 1. The molecular formula is C22H32N2O3. The Kier molecular flexibility index (Phi) is 8.89. The number of benzene rings is 1. The molecule has 5 nitrogen and oxygen atoms in total. The van der Waals surface area contributed by atoms with E-state index in [1.807, 2.05) is 19.9 Å². The fourth-order valence-electron chi connectivity index (χ4n) is 3.10. The van der Waals surface area contributed by atoms with Gasteiger partial charge in [0.2, 0.25) is 0 Å². The molecule has 0 saturated heterocycles. The van der Waals surface area contributed by atoms with Crippen LogP contribution in [-0.4, -0.2) is 24.6 Å². The third kappa shape index (κ3) is 7.45. The Morgan fingerprint density at radius 1 is 1.00 bits per heavy atom. The molecule has 1 heterocycles. The highest BCUT2D eigenvalue weighted by Crippen LogP contribution is 2.24. The number of oxime groups is 1. The molecule has 2 aromatic rings. The first-order valence-electron chi connectivity index (χ1n) is 9.91. The van der Waals surface area contributed by atoms with Crippen LogP contribution in [-0.2, 0) is 11.3 Å². The second-order valence-electron chi connectivity index (χ2n) is 6.94. The van der Waals surface area contributed by atoms with Crippen molar-refractivity contribution in [2.45, 2.75) is 66.2 Å². The number of unbranched alkanes of at least 4 members (excludes halogenated alkanes) is 4. The maximum atomic E-state index is 6.03. The van der Waals surface area contributed by atoms with Gasteiger partial charge in [0.15, 0.2) is 0 Å². The molecule has 0 unspecified atom stereocenters. The molecule has 1 aromatic carbocycles. The van der Waals surface area contributed by atoms with E-state index in [0.29, 0.717) is 6.61 Å². The molecule has 0 fully saturated rings. The van der Waals surface area contributed by atoms with E-state index in [9.17, 15) is 0 Å². The van der Waals surface area contributed by atoms with Crippen LogP contribution in [0, 0.1) is 20.8 Å². The Bertz CT molecular complexity index is 699. The van der Waals surface area contributed by atoms with Gasteiger partial charge in [-0.2, -0.15) is 0 Å². The molecule has 0 spiro atoms. The fraction of sp³-hybridized carbons (Fsp3) is 0.545. The summed E-state index contributed by atoms with van der Waals surface area (Å²) in [6.07, 6.45) is 8.58. The van der Waals surface area contributed by atoms with Gasteiger partial charge in [0.1, 0.15) is 18.1 Å². The van der Waals surface area contributed by atoms with E-state index >= 15 is 0 Å². The molecule has 0 aliphatic carbocycles. The number of aryl methyl sites for hydroxylation is 4. The highest BCUT2D eigenvalue weighted by atomic mass is 16.6. The Morgan fingerprint density at radius 3 is 2.37 bits per heavy atom. The molecule has 2 rings (SSSR count). The van der Waals surface area contributed by atoms with Crippen LogP contribution < -0.4 is 4.74 Å². The third-order valence-corrected chi connectivity index (χ3v) is 4.38. The molecule has 27 heavy (non-hydrogen) atoms. The van der Waals surface area contributed by atoms with Crippen molar-refractivity contribution in [3.8, 4) is 5.75 Å². The minimum atomic E-state index is 0.579. The molecule has 0 aliphatic heterocycles. The summed E-state index contributed by atoms with van der Waals surface area (Å²) in [5.74, 6) is 1.99. The summed E-state index contributed by atoms with van der Waals surface area (Å²) in [6, 6.07) is 6.18. The molecule has 1 aromatic heterocycles. The maximum absolute atomic E-state index is 6.03. The van der Waals surface area contributed by atoms with Crippen molar-refractivity contribution in [2.75, 3.05) is 13.2 Å². The zero-order valence-electron chi connectivity index (χ0n) is 17.1. The molecule has 0 amide bonds. The van der Waals surface area contributed by atoms with E-state index in [1.165, 1.54) is 19.3 Å². The maximum Gasteiger partial charge on any atom is 0.136 e. The summed E-state index contributed by atoms with van der Waals surface area (Å²) >= 11 is 0. The van der Waals surface area contributed by atoms with E-state index in [4.69, 9.17) is 14.1 Å². The van der Waals surface area contributed by atoms with Gasteiger partial charge in [0.05, 0.1) is 18.5 Å². The summed E-state index contributed by atoms with van der Waals surface area (Å²) in [4.78, 5) is 5.02. The molecular weight excluding hydrogens is 340 g/mol. The van der Waals surface area contributed by atoms with Crippen LogP contribution in [0.15, 0.2) is 27.9 Å². The van der Waals surface area contributed by atoms with Gasteiger partial charge in [-0.05, 0) is 69.4 Å². The van der Waals surface area contributed by atoms with Crippen LogP contribution in [0.2, 0.25) is 0 Å². The average molecular weight is 373 g/mol. The molecule has 0 bridgehead atoms. The lowest BCUT2D eigenvalue weighted by Crippen LogP contribution is -2.02. The molecule has 0 radical (unpaired) electrons. The van der Waals surface area contributed by atoms with Crippen molar-refractivity contribution >= 4 is 6.21 Å². The number of nitrogens with zero attached hydrogens (tertiary/aromatic N) is 2. The van der Waals surface area contributed by atoms with Crippen molar-refractivity contribution in [1.82, 2.24) is 5.16 Å². The second-order valence-corrected chi connectivity index (χ2v) is 6.94. The monoisotopic (exact) mass is 372 g/mol. The molecule has 0 saturated carbocycles. The number of aromatic nitrogens is 1. The Morgan fingerprint density at radius 2 is 1.70 bits per heavy atom. The van der Waals surface area contributed by atoms with Crippen molar-refractivity contribution in [2.24, 2.45) is 5.16 Å². The number of rotatable bonds is 12. The van der Waals surface area contributed by atoms with Crippen LogP contribution in [0.3, 0.4) is 0 Å². The minimum Gasteiger partial charge on any atom is -0.493 e. The lowest BCUT2D eigenvalue weighted by molar-refractivity contribution is 0.160. The van der Waals surface area contributed by atoms with Crippen LogP contribution in [0.1, 0.15) is 67.2 Å². The predicted octanol–water partition coefficient (Wildman–Crippen LogP) is 5.54. The second kappa shape index (κ2) is 11.4. The fourth-order valence-corrected chi connectivity index (χ4v) is 3.10. The highest BCUT2D eigenvalue weighted by molar-refractivity contribution is 5.80. The van der Waals surface area contributed by atoms with Gasteiger partial charge in [-0.25, -0.2) is 0 Å². The van der Waals surface area contributed by atoms with Crippen LogP contribution in [0.25, 0.3) is 0 Å². The van der Waals surface area contributed by atoms with Crippen molar-refractivity contribution in [3.05, 3.63) is 46.3 Å². The highest BCUT2D eigenvalue weighted by Gasteiger charge is 2.06. The van der Waals surface area contributed by atoms with E-state index < -0.39 is 0 Å². The summed E-state index contributed by atoms with van der Waals surface area (Å²) in [7, 11) is 0. The van der Waals surface area contributed by atoms with Crippen molar-refractivity contribution < 1.29 is 14.1 Å². The molecule has 0 aliphatic rings. The Labute approximate surface area is 162 Å². The lowest BCUT2D eigenvalue weighted by atomic mass is 10.1. The first-order chi connectivity index (χ1) is 13.1. The quantitative estimate of drug-likeness (QED) is 0.279. The molecule has 148 valence electrons. The van der Waals surface area contributed by atoms with E-state index in [-0.39, 0.29) is 0 Å². The standard InChI is InChI=1S/C22H32N2O3/c1-5-26-23-16-20-13-17(2)22(18(3)14-20)25-12-10-8-6-7-9-11-21-15-19(4)24-27-21/h13-16H,5-12H2,1-4H3/b23-16+. The average Bonchev–Trinajstić information content (AvgIpc) is 3.04. The molecule has 0 N–H and O–H groups in total. The van der Waals surface area contributed by atoms with Gasteiger partial charge < -0.3 is 14.1 Å². The van der Waals surface area contributed by atoms with Gasteiger partial charge in [0.25, 0.3) is 0 Å². The summed E-state index contributed by atoms with van der Waals surface area (Å²) in [5.41, 5.74) is 4.26. The Hall–Kier alpha value is -2.30. The third-order valence-electron chi connectivity index (χ3n) is 4.38. The van der Waals surface area contributed by atoms with Gasteiger partial charge in [-0.3, -0.25) is 0 Å². The topological polar surface area (TPSA) is 56.9 Å². The van der Waals surface area contributed by atoms with Gasteiger partial charge >= 0.3 is 0 Å². The van der Waals surface area contributed by atoms with Gasteiger partial charge in [-0.1, -0.05) is 29.6 Å². The van der Waals surface area contributed by atoms with Crippen LogP contribution in [0.5, 0.6) is 5.75 Å². The van der Waals surface area contributed by atoms with Crippen LogP contribution >= 0.6 is 0 Å². The normalized spacial score (nSPS) is 11.3. The van der Waals surface area contributed by atoms with Crippen LogP contribution in [0.4, 0.5) is 0 Å². The Balaban J connectivity index is 1.63.